The lowest BCUT2D eigenvalue weighted by molar-refractivity contribution is -0.117. The van der Waals surface area contributed by atoms with Crippen LogP contribution in [0.1, 0.15) is 22.2 Å². The predicted molar refractivity (Wildman–Crippen MR) is 80.4 cm³/mol. The van der Waals surface area contributed by atoms with Gasteiger partial charge in [0.1, 0.15) is 0 Å². The maximum absolute atomic E-state index is 12.0. The van der Waals surface area contributed by atoms with Crippen molar-refractivity contribution in [2.45, 2.75) is 13.3 Å². The molecule has 0 saturated carbocycles. The van der Waals surface area contributed by atoms with Crippen LogP contribution in [-0.2, 0) is 11.2 Å². The van der Waals surface area contributed by atoms with Gasteiger partial charge in [0.2, 0.25) is 5.91 Å². The van der Waals surface area contributed by atoms with E-state index in [1.165, 1.54) is 11.3 Å². The fraction of sp³-hybridized carbons (Fsp3) is 0.200. The van der Waals surface area contributed by atoms with Crippen LogP contribution in [-0.4, -0.2) is 18.4 Å². The topological polar surface area (TPSA) is 49.4 Å². The zero-order chi connectivity index (χ0) is 14.1. The molecule has 1 N–H and O–H groups in total. The first-order valence-electron chi connectivity index (χ1n) is 6.47. The molecule has 1 aliphatic rings. The molecule has 0 fully saturated rings. The molecule has 0 aliphatic carbocycles. The highest BCUT2D eigenvalue weighted by Gasteiger charge is 2.26. The lowest BCUT2D eigenvalue weighted by atomic mass is 10.1. The fourth-order valence-electron chi connectivity index (χ4n) is 2.41. The molecule has 102 valence electrons. The van der Waals surface area contributed by atoms with Crippen molar-refractivity contribution in [2.24, 2.45) is 0 Å². The van der Waals surface area contributed by atoms with Crippen molar-refractivity contribution in [1.29, 1.82) is 0 Å². The quantitative estimate of drug-likeness (QED) is 0.943. The van der Waals surface area contributed by atoms with Gasteiger partial charge in [-0.05, 0) is 42.1 Å². The Morgan fingerprint density at radius 3 is 2.95 bits per heavy atom. The molecule has 0 atom stereocenters. The zero-order valence-electron chi connectivity index (χ0n) is 11.1. The first-order chi connectivity index (χ1) is 9.69. The minimum Gasteiger partial charge on any atom is -0.321 e. The molecule has 0 radical (unpaired) electrons. The maximum Gasteiger partial charge on any atom is 0.265 e. The van der Waals surface area contributed by atoms with Crippen LogP contribution in [0.4, 0.5) is 11.4 Å². The van der Waals surface area contributed by atoms with Gasteiger partial charge in [0.15, 0.2) is 0 Å². The third-order valence-electron chi connectivity index (χ3n) is 3.33. The molecule has 1 aromatic carbocycles. The second-order valence-corrected chi connectivity index (χ2v) is 5.54. The lowest BCUT2D eigenvalue weighted by Crippen LogP contribution is -2.25. The van der Waals surface area contributed by atoms with Gasteiger partial charge < -0.3 is 10.2 Å². The minimum atomic E-state index is -0.114. The molecule has 0 saturated heterocycles. The van der Waals surface area contributed by atoms with E-state index in [4.69, 9.17) is 0 Å². The number of thiophene rings is 1. The Morgan fingerprint density at radius 1 is 1.40 bits per heavy atom. The van der Waals surface area contributed by atoms with E-state index < -0.39 is 0 Å². The summed E-state index contributed by atoms with van der Waals surface area (Å²) in [6, 6.07) is 9.25. The van der Waals surface area contributed by atoms with Crippen molar-refractivity contribution in [3.63, 3.8) is 0 Å². The van der Waals surface area contributed by atoms with Crippen LogP contribution in [0.15, 0.2) is 35.7 Å². The molecule has 2 heterocycles. The van der Waals surface area contributed by atoms with Gasteiger partial charge in [0.05, 0.1) is 11.3 Å². The van der Waals surface area contributed by atoms with Crippen molar-refractivity contribution >= 4 is 34.5 Å². The summed E-state index contributed by atoms with van der Waals surface area (Å²) in [4.78, 5) is 26.2. The first-order valence-corrected chi connectivity index (χ1v) is 7.35. The molecule has 4 nitrogen and oxygen atoms in total. The van der Waals surface area contributed by atoms with Crippen molar-refractivity contribution in [1.82, 2.24) is 0 Å². The van der Waals surface area contributed by atoms with Gasteiger partial charge in [0, 0.05) is 17.9 Å². The normalized spacial score (nSPS) is 13.4. The molecule has 20 heavy (non-hydrogen) atoms. The Bertz CT molecular complexity index is 665. The number of amides is 2. The summed E-state index contributed by atoms with van der Waals surface area (Å²) >= 11 is 1.41. The number of nitrogens with zero attached hydrogens (tertiary/aromatic N) is 1. The third-order valence-corrected chi connectivity index (χ3v) is 4.20. The van der Waals surface area contributed by atoms with E-state index in [-0.39, 0.29) is 11.8 Å². The minimum absolute atomic E-state index is 0.114. The van der Waals surface area contributed by atoms with Crippen LogP contribution in [0.5, 0.6) is 0 Å². The second kappa shape index (κ2) is 5.09. The second-order valence-electron chi connectivity index (χ2n) is 4.59. The average molecular weight is 286 g/mol. The number of hydrogen-bond donors (Lipinski definition) is 1. The highest BCUT2D eigenvalue weighted by molar-refractivity contribution is 7.12. The fourth-order valence-corrected chi connectivity index (χ4v) is 3.03. The summed E-state index contributed by atoms with van der Waals surface area (Å²) in [7, 11) is 0. The summed E-state index contributed by atoms with van der Waals surface area (Å²) in [5.41, 5.74) is 2.65. The van der Waals surface area contributed by atoms with E-state index in [2.05, 4.69) is 5.32 Å². The Balaban J connectivity index is 1.82. The van der Waals surface area contributed by atoms with Gasteiger partial charge in [0.25, 0.3) is 5.91 Å². The summed E-state index contributed by atoms with van der Waals surface area (Å²) in [5, 5.41) is 4.73. The Hall–Kier alpha value is -2.14. The third kappa shape index (κ3) is 2.20. The SMILES string of the molecule is CCN1C(=O)Cc2cc(NC(=O)c3cccs3)ccc21. The van der Waals surface area contributed by atoms with E-state index in [0.29, 0.717) is 17.8 Å². The standard InChI is InChI=1S/C15H14N2O2S/c1-2-17-12-6-5-11(8-10(12)9-14(17)18)16-15(19)13-4-3-7-20-13/h3-8H,2,9H2,1H3,(H,16,19). The molecule has 1 aromatic heterocycles. The van der Waals surface area contributed by atoms with Crippen molar-refractivity contribution < 1.29 is 9.59 Å². The van der Waals surface area contributed by atoms with Crippen LogP contribution < -0.4 is 10.2 Å². The number of likely N-dealkylation sites (N-methyl/N-ethyl adjacent to an activating group) is 1. The number of carbonyl (C=O) groups is 2. The molecule has 1 aliphatic heterocycles. The lowest BCUT2D eigenvalue weighted by Gasteiger charge is -2.14. The molecule has 5 heteroatoms. The maximum atomic E-state index is 12.0. The smallest absolute Gasteiger partial charge is 0.265 e. The van der Waals surface area contributed by atoms with Crippen LogP contribution in [0.25, 0.3) is 0 Å². The summed E-state index contributed by atoms with van der Waals surface area (Å²) in [6.45, 7) is 2.63. The largest absolute Gasteiger partial charge is 0.321 e. The molecular formula is C15H14N2O2S. The van der Waals surface area contributed by atoms with Gasteiger partial charge in [-0.1, -0.05) is 6.07 Å². The Kier molecular flexibility index (Phi) is 3.28. The number of rotatable bonds is 3. The highest BCUT2D eigenvalue weighted by Crippen LogP contribution is 2.31. The van der Waals surface area contributed by atoms with Crippen LogP contribution in [0, 0.1) is 0 Å². The number of anilines is 2. The molecule has 2 amide bonds. The summed E-state index contributed by atoms with van der Waals surface area (Å²) in [6.07, 6.45) is 0.409. The van der Waals surface area contributed by atoms with Crippen molar-refractivity contribution in [3.05, 3.63) is 46.2 Å². The van der Waals surface area contributed by atoms with Gasteiger partial charge >= 0.3 is 0 Å². The number of carbonyl (C=O) groups excluding carboxylic acids is 2. The summed E-state index contributed by atoms with van der Waals surface area (Å²) < 4.78 is 0. The Morgan fingerprint density at radius 2 is 2.25 bits per heavy atom. The van der Waals surface area contributed by atoms with Crippen LogP contribution >= 0.6 is 11.3 Å². The molecule has 0 spiro atoms. The zero-order valence-corrected chi connectivity index (χ0v) is 11.9. The molecule has 3 rings (SSSR count). The van der Waals surface area contributed by atoms with E-state index >= 15 is 0 Å². The molecule has 0 bridgehead atoms. The van der Waals surface area contributed by atoms with Gasteiger partial charge in [-0.25, -0.2) is 0 Å². The van der Waals surface area contributed by atoms with Crippen LogP contribution in [0.2, 0.25) is 0 Å². The van der Waals surface area contributed by atoms with E-state index in [1.807, 2.05) is 36.6 Å². The van der Waals surface area contributed by atoms with Gasteiger partial charge in [-0.2, -0.15) is 0 Å². The summed E-state index contributed by atoms with van der Waals surface area (Å²) in [5.74, 6) is 0.000791. The number of fused-ring (bicyclic) bond motifs is 1. The van der Waals surface area contributed by atoms with E-state index in [1.54, 1.807) is 11.0 Å². The molecule has 2 aromatic rings. The first kappa shape index (κ1) is 12.9. The van der Waals surface area contributed by atoms with Gasteiger partial charge in [-0.3, -0.25) is 9.59 Å². The number of nitrogens with one attached hydrogen (secondary N) is 1. The predicted octanol–water partition coefficient (Wildman–Crippen LogP) is 2.91. The van der Waals surface area contributed by atoms with Crippen molar-refractivity contribution in [3.8, 4) is 0 Å². The van der Waals surface area contributed by atoms with Crippen molar-refractivity contribution in [2.75, 3.05) is 16.8 Å². The average Bonchev–Trinajstić information content (AvgIpc) is 3.04. The molecular weight excluding hydrogens is 272 g/mol. The van der Waals surface area contributed by atoms with Gasteiger partial charge in [-0.15, -0.1) is 11.3 Å². The Labute approximate surface area is 121 Å². The number of benzene rings is 1. The van der Waals surface area contributed by atoms with E-state index in [9.17, 15) is 9.59 Å². The van der Waals surface area contributed by atoms with Crippen LogP contribution in [0.3, 0.4) is 0 Å². The highest BCUT2D eigenvalue weighted by atomic mass is 32.1. The number of hydrogen-bond acceptors (Lipinski definition) is 3. The molecule has 0 unspecified atom stereocenters. The van der Waals surface area contributed by atoms with E-state index in [0.717, 1.165) is 16.9 Å². The monoisotopic (exact) mass is 286 g/mol.